The molecule has 4 aromatic carbocycles. The minimum atomic E-state index is -0.414. The lowest BCUT2D eigenvalue weighted by Crippen LogP contribution is -2.19. The molecule has 6 rings (SSSR count). The summed E-state index contributed by atoms with van der Waals surface area (Å²) < 4.78 is 37.3. The molecule has 0 radical (unpaired) electrons. The molecule has 0 spiro atoms. The van der Waals surface area contributed by atoms with E-state index in [4.69, 9.17) is 9.15 Å². The first-order valence-corrected chi connectivity index (χ1v) is 11.6. The number of hydrogen-bond donors (Lipinski definition) is 2. The largest absolute Gasteiger partial charge is 0.508 e. The summed E-state index contributed by atoms with van der Waals surface area (Å²) in [5.74, 6) is 0.485. The number of halogens is 2. The van der Waals surface area contributed by atoms with E-state index in [0.717, 1.165) is 23.3 Å². The van der Waals surface area contributed by atoms with E-state index in [-0.39, 0.29) is 34.2 Å². The zero-order valence-electron chi connectivity index (χ0n) is 19.5. The maximum absolute atomic E-state index is 13.2. The quantitative estimate of drug-likeness (QED) is 0.287. The Kier molecular flexibility index (Phi) is 6.60. The number of fused-ring (bicyclic) bond motifs is 2. The maximum Gasteiger partial charge on any atom is 0.200 e. The van der Waals surface area contributed by atoms with Crippen LogP contribution >= 0.6 is 0 Å². The van der Waals surface area contributed by atoms with Crippen LogP contribution in [0, 0.1) is 11.6 Å². The molecule has 0 saturated carbocycles. The van der Waals surface area contributed by atoms with Gasteiger partial charge in [-0.1, -0.05) is 30.3 Å². The highest BCUT2D eigenvalue weighted by Gasteiger charge is 2.22. The van der Waals surface area contributed by atoms with Crippen LogP contribution in [0.2, 0.25) is 0 Å². The van der Waals surface area contributed by atoms with Crippen molar-refractivity contribution in [2.45, 2.75) is 12.3 Å². The Labute approximate surface area is 210 Å². The van der Waals surface area contributed by atoms with Gasteiger partial charge in [-0.2, -0.15) is 0 Å². The molecule has 186 valence electrons. The predicted molar refractivity (Wildman–Crippen MR) is 136 cm³/mol. The van der Waals surface area contributed by atoms with Gasteiger partial charge in [0.1, 0.15) is 40.7 Å². The van der Waals surface area contributed by atoms with Gasteiger partial charge in [-0.3, -0.25) is 4.79 Å². The minimum absolute atomic E-state index is 0.0224. The lowest BCUT2D eigenvalue weighted by Gasteiger charge is -2.25. The van der Waals surface area contributed by atoms with Gasteiger partial charge in [0.25, 0.3) is 0 Å². The summed E-state index contributed by atoms with van der Waals surface area (Å²) in [5.41, 5.74) is 2.79. The van der Waals surface area contributed by atoms with Crippen LogP contribution in [0.15, 0.2) is 100 Å². The molecule has 0 amide bonds. The van der Waals surface area contributed by atoms with Crippen LogP contribution in [-0.4, -0.2) is 16.8 Å². The molecular weight excluding hydrogens is 478 g/mol. The number of phenols is 2. The molecule has 1 aromatic heterocycles. The lowest BCUT2D eigenvalue weighted by molar-refractivity contribution is 0.261. The fourth-order valence-corrected chi connectivity index (χ4v) is 4.31. The van der Waals surface area contributed by atoms with Gasteiger partial charge in [0.05, 0.1) is 17.6 Å². The summed E-state index contributed by atoms with van der Waals surface area (Å²) in [4.78, 5) is 12.3. The van der Waals surface area contributed by atoms with Crippen LogP contribution < -0.4 is 10.2 Å². The van der Waals surface area contributed by atoms with Crippen molar-refractivity contribution < 1.29 is 28.1 Å². The standard InChI is InChI=1S/C15H9FO3.C15H13FO2/c16-10-3-1-2-9(6-10)13-8-19-14-7-11(17)4-5-12(14)15(13)18;16-13-3-1-2-10(7-13)12-6-11-4-5-14(17)8-15(11)18-9-12/h1-8,17H;1-5,7-8,12,17H,6,9H2. The third-order valence-corrected chi connectivity index (χ3v) is 6.17. The first-order valence-electron chi connectivity index (χ1n) is 11.6. The van der Waals surface area contributed by atoms with E-state index in [1.807, 2.05) is 12.1 Å². The van der Waals surface area contributed by atoms with Crippen LogP contribution in [0.1, 0.15) is 17.0 Å². The van der Waals surface area contributed by atoms with Crippen molar-refractivity contribution in [3.63, 3.8) is 0 Å². The first-order chi connectivity index (χ1) is 17.9. The van der Waals surface area contributed by atoms with Gasteiger partial charge in [-0.05, 0) is 65.6 Å². The second-order valence-electron chi connectivity index (χ2n) is 8.73. The van der Waals surface area contributed by atoms with Crippen LogP contribution in [0.5, 0.6) is 17.2 Å². The second kappa shape index (κ2) is 10.1. The van der Waals surface area contributed by atoms with Gasteiger partial charge >= 0.3 is 0 Å². The van der Waals surface area contributed by atoms with Crippen LogP contribution in [-0.2, 0) is 6.42 Å². The normalized spacial score (nSPS) is 14.3. The number of hydrogen-bond acceptors (Lipinski definition) is 5. The van der Waals surface area contributed by atoms with Gasteiger partial charge in [0, 0.05) is 18.1 Å². The average molecular weight is 500 g/mol. The molecule has 1 aliphatic heterocycles. The Hall–Kier alpha value is -4.65. The molecule has 0 bridgehead atoms. The van der Waals surface area contributed by atoms with Crippen molar-refractivity contribution in [2.24, 2.45) is 0 Å². The fourth-order valence-electron chi connectivity index (χ4n) is 4.31. The highest BCUT2D eigenvalue weighted by atomic mass is 19.1. The molecule has 1 aliphatic rings. The maximum atomic E-state index is 13.2. The number of rotatable bonds is 2. The Morgan fingerprint density at radius 2 is 1.54 bits per heavy atom. The SMILES string of the molecule is O=c1c(-c2cccc(F)c2)coc2cc(O)ccc12.Oc1ccc2c(c1)OCC(c1cccc(F)c1)C2. The lowest BCUT2D eigenvalue weighted by atomic mass is 9.90. The van der Waals surface area contributed by atoms with Crippen molar-refractivity contribution in [1.82, 2.24) is 0 Å². The molecule has 7 heteroatoms. The number of aromatic hydroxyl groups is 2. The molecule has 0 fully saturated rings. The van der Waals surface area contributed by atoms with Crippen molar-refractivity contribution in [3.05, 3.63) is 124 Å². The van der Waals surface area contributed by atoms with E-state index in [2.05, 4.69) is 0 Å². The van der Waals surface area contributed by atoms with Gasteiger partial charge < -0.3 is 19.4 Å². The smallest absolute Gasteiger partial charge is 0.200 e. The van der Waals surface area contributed by atoms with Crippen LogP contribution in [0.3, 0.4) is 0 Å². The van der Waals surface area contributed by atoms with Gasteiger partial charge in [-0.25, -0.2) is 8.78 Å². The fraction of sp³-hybridized carbons (Fsp3) is 0.100. The molecule has 1 unspecified atom stereocenters. The van der Waals surface area contributed by atoms with Crippen LogP contribution in [0.25, 0.3) is 22.1 Å². The van der Waals surface area contributed by atoms with Crippen molar-refractivity contribution in [1.29, 1.82) is 0 Å². The predicted octanol–water partition coefficient (Wildman–Crippen LogP) is 6.55. The van der Waals surface area contributed by atoms with Crippen molar-refractivity contribution >= 4 is 11.0 Å². The zero-order valence-corrected chi connectivity index (χ0v) is 19.5. The Morgan fingerprint density at radius 3 is 2.32 bits per heavy atom. The molecule has 5 aromatic rings. The average Bonchev–Trinajstić information content (AvgIpc) is 2.89. The highest BCUT2D eigenvalue weighted by Crippen LogP contribution is 2.34. The topological polar surface area (TPSA) is 79.9 Å². The number of phenolic OH excluding ortho intramolecular Hbond substituents is 2. The Morgan fingerprint density at radius 1 is 0.811 bits per heavy atom. The van der Waals surface area contributed by atoms with E-state index in [0.29, 0.717) is 23.1 Å². The van der Waals surface area contributed by atoms with E-state index in [9.17, 15) is 23.8 Å². The summed E-state index contributed by atoms with van der Waals surface area (Å²) in [7, 11) is 0. The number of benzene rings is 4. The first kappa shape index (κ1) is 24.1. The molecule has 2 heterocycles. The molecular formula is C30H22F2O5. The summed E-state index contributed by atoms with van der Waals surface area (Å²) in [6.45, 7) is 0.514. The molecule has 5 nitrogen and oxygen atoms in total. The zero-order chi connectivity index (χ0) is 25.9. The Bertz CT molecular complexity index is 1640. The van der Waals surface area contributed by atoms with Gasteiger partial charge in [0.2, 0.25) is 0 Å². The molecule has 1 atom stereocenters. The molecule has 0 saturated heterocycles. The molecule has 37 heavy (non-hydrogen) atoms. The van der Waals surface area contributed by atoms with E-state index < -0.39 is 5.82 Å². The third-order valence-electron chi connectivity index (χ3n) is 6.17. The van der Waals surface area contributed by atoms with E-state index in [1.54, 1.807) is 30.3 Å². The molecule has 2 N–H and O–H groups in total. The third kappa shape index (κ3) is 5.30. The monoisotopic (exact) mass is 500 g/mol. The van der Waals surface area contributed by atoms with Gasteiger partial charge in [-0.15, -0.1) is 0 Å². The molecule has 0 aliphatic carbocycles. The van der Waals surface area contributed by atoms with Crippen molar-refractivity contribution in [2.75, 3.05) is 6.61 Å². The Balaban J connectivity index is 0.000000152. The summed E-state index contributed by atoms with van der Waals surface area (Å²) in [6.07, 6.45) is 2.08. The summed E-state index contributed by atoms with van der Waals surface area (Å²) in [6, 6.07) is 21.8. The number of ether oxygens (including phenoxy) is 1. The summed E-state index contributed by atoms with van der Waals surface area (Å²) in [5, 5.41) is 19.1. The highest BCUT2D eigenvalue weighted by molar-refractivity contribution is 5.82. The van der Waals surface area contributed by atoms with Gasteiger partial charge in [0.15, 0.2) is 5.43 Å². The van der Waals surface area contributed by atoms with Crippen molar-refractivity contribution in [3.8, 4) is 28.4 Å². The summed E-state index contributed by atoms with van der Waals surface area (Å²) >= 11 is 0. The van der Waals surface area contributed by atoms with Crippen LogP contribution in [0.4, 0.5) is 8.78 Å². The van der Waals surface area contributed by atoms with E-state index in [1.165, 1.54) is 48.7 Å². The second-order valence-corrected chi connectivity index (χ2v) is 8.73. The van der Waals surface area contributed by atoms with E-state index >= 15 is 0 Å². The minimum Gasteiger partial charge on any atom is -0.508 e.